The van der Waals surface area contributed by atoms with Gasteiger partial charge in [0.1, 0.15) is 5.75 Å². The van der Waals surface area contributed by atoms with E-state index >= 15 is 0 Å². The van der Waals surface area contributed by atoms with Crippen LogP contribution in [0, 0.1) is 0 Å². The van der Waals surface area contributed by atoms with Crippen molar-refractivity contribution < 1.29 is 4.74 Å². The third kappa shape index (κ3) is 2.47. The van der Waals surface area contributed by atoms with Crippen LogP contribution in [0.4, 0.5) is 0 Å². The summed E-state index contributed by atoms with van der Waals surface area (Å²) in [5, 5.41) is 4.70. The van der Waals surface area contributed by atoms with Crippen LogP contribution in [0.5, 0.6) is 5.75 Å². The number of aromatic nitrogens is 1. The fourth-order valence-corrected chi connectivity index (χ4v) is 3.81. The van der Waals surface area contributed by atoms with Gasteiger partial charge in [0.25, 0.3) is 0 Å². The van der Waals surface area contributed by atoms with E-state index in [2.05, 4.69) is 24.4 Å². The third-order valence-corrected chi connectivity index (χ3v) is 5.22. The Hall–Kier alpha value is -1.13. The predicted octanol–water partition coefficient (Wildman–Crippen LogP) is 3.34. The molecule has 0 atom stereocenters. The molecule has 1 aliphatic heterocycles. The van der Waals surface area contributed by atoms with E-state index in [1.54, 1.807) is 0 Å². The van der Waals surface area contributed by atoms with Gasteiger partial charge < -0.3 is 10.1 Å². The molecule has 0 unspecified atom stereocenters. The molecule has 1 fully saturated rings. The van der Waals surface area contributed by atoms with Crippen LogP contribution in [0.1, 0.15) is 31.7 Å². The van der Waals surface area contributed by atoms with Crippen molar-refractivity contribution in [3.8, 4) is 5.75 Å². The molecule has 0 saturated carbocycles. The summed E-state index contributed by atoms with van der Waals surface area (Å²) in [4.78, 5) is 4.84. The average molecular weight is 276 g/mol. The molecule has 3 nitrogen and oxygen atoms in total. The van der Waals surface area contributed by atoms with Gasteiger partial charge in [-0.25, -0.2) is 4.98 Å². The maximum Gasteiger partial charge on any atom is 0.120 e. The zero-order valence-electron chi connectivity index (χ0n) is 11.5. The van der Waals surface area contributed by atoms with Gasteiger partial charge in [-0.2, -0.15) is 0 Å². The number of rotatable bonds is 3. The van der Waals surface area contributed by atoms with Crippen molar-refractivity contribution in [2.45, 2.75) is 32.1 Å². The van der Waals surface area contributed by atoms with Gasteiger partial charge in [0.05, 0.1) is 21.8 Å². The van der Waals surface area contributed by atoms with Gasteiger partial charge >= 0.3 is 0 Å². The highest BCUT2D eigenvalue weighted by atomic mass is 32.1. The molecule has 2 aromatic rings. The molecule has 0 radical (unpaired) electrons. The van der Waals surface area contributed by atoms with E-state index in [1.165, 1.54) is 22.5 Å². The van der Waals surface area contributed by atoms with Crippen LogP contribution < -0.4 is 10.1 Å². The highest BCUT2D eigenvalue weighted by Crippen LogP contribution is 2.38. The van der Waals surface area contributed by atoms with E-state index in [-0.39, 0.29) is 5.41 Å². The fourth-order valence-electron chi connectivity index (χ4n) is 2.61. The first kappa shape index (κ1) is 12.9. The first-order valence-corrected chi connectivity index (χ1v) is 7.77. The van der Waals surface area contributed by atoms with Crippen LogP contribution in [-0.2, 0) is 5.41 Å². The molecule has 19 heavy (non-hydrogen) atoms. The van der Waals surface area contributed by atoms with Gasteiger partial charge in [-0.05, 0) is 51.1 Å². The van der Waals surface area contributed by atoms with Crippen molar-refractivity contribution in [3.63, 3.8) is 0 Å². The summed E-state index contributed by atoms with van der Waals surface area (Å²) in [6.45, 7) is 7.25. The number of thiazole rings is 1. The zero-order chi connectivity index (χ0) is 13.3. The quantitative estimate of drug-likeness (QED) is 0.933. The van der Waals surface area contributed by atoms with Gasteiger partial charge in [-0.3, -0.25) is 0 Å². The Morgan fingerprint density at radius 1 is 1.37 bits per heavy atom. The van der Waals surface area contributed by atoms with Crippen LogP contribution in [0.2, 0.25) is 0 Å². The Morgan fingerprint density at radius 2 is 2.16 bits per heavy atom. The maximum absolute atomic E-state index is 5.56. The maximum atomic E-state index is 5.56. The van der Waals surface area contributed by atoms with Crippen LogP contribution in [0.3, 0.4) is 0 Å². The number of hydrogen-bond acceptors (Lipinski definition) is 4. The molecule has 0 spiro atoms. The van der Waals surface area contributed by atoms with Crippen molar-refractivity contribution in [3.05, 3.63) is 23.2 Å². The van der Waals surface area contributed by atoms with Crippen molar-refractivity contribution in [2.75, 3.05) is 19.7 Å². The van der Waals surface area contributed by atoms with E-state index in [9.17, 15) is 0 Å². The van der Waals surface area contributed by atoms with Crippen LogP contribution in [0.25, 0.3) is 10.2 Å². The van der Waals surface area contributed by atoms with Crippen LogP contribution in [0.15, 0.2) is 18.2 Å². The molecule has 1 aliphatic rings. The monoisotopic (exact) mass is 276 g/mol. The molecule has 0 bridgehead atoms. The minimum absolute atomic E-state index is 0.237. The molecule has 1 N–H and O–H groups in total. The van der Waals surface area contributed by atoms with Crippen molar-refractivity contribution >= 4 is 21.6 Å². The second kappa shape index (κ2) is 5.10. The number of benzene rings is 1. The van der Waals surface area contributed by atoms with Gasteiger partial charge in [-0.1, -0.05) is 6.92 Å². The Labute approximate surface area is 118 Å². The van der Waals surface area contributed by atoms with Gasteiger partial charge in [0, 0.05) is 5.41 Å². The zero-order valence-corrected chi connectivity index (χ0v) is 12.3. The third-order valence-electron chi connectivity index (χ3n) is 3.89. The molecule has 0 amide bonds. The highest BCUT2D eigenvalue weighted by molar-refractivity contribution is 7.18. The van der Waals surface area contributed by atoms with Gasteiger partial charge in [0.15, 0.2) is 0 Å². The van der Waals surface area contributed by atoms with E-state index in [4.69, 9.17) is 9.72 Å². The highest BCUT2D eigenvalue weighted by Gasteiger charge is 2.31. The topological polar surface area (TPSA) is 34.1 Å². The molecule has 102 valence electrons. The SMILES string of the molecule is CCOc1ccc2nc(C3(C)CCNCC3)sc2c1. The molecule has 1 saturated heterocycles. The molecule has 4 heteroatoms. The second-order valence-corrected chi connectivity index (χ2v) is 6.42. The Bertz CT molecular complexity index is 573. The normalized spacial score (nSPS) is 18.6. The van der Waals surface area contributed by atoms with E-state index < -0.39 is 0 Å². The molecular formula is C15H20N2OS. The Balaban J connectivity index is 1.96. The van der Waals surface area contributed by atoms with Crippen LogP contribution in [-0.4, -0.2) is 24.7 Å². The number of fused-ring (bicyclic) bond motifs is 1. The van der Waals surface area contributed by atoms with Gasteiger partial charge in [-0.15, -0.1) is 11.3 Å². The number of nitrogens with one attached hydrogen (secondary N) is 1. The fraction of sp³-hybridized carbons (Fsp3) is 0.533. The van der Waals surface area contributed by atoms with E-state index in [1.807, 2.05) is 24.3 Å². The molecular weight excluding hydrogens is 256 g/mol. The molecule has 0 aliphatic carbocycles. The summed E-state index contributed by atoms with van der Waals surface area (Å²) in [7, 11) is 0. The van der Waals surface area contributed by atoms with Gasteiger partial charge in [0.2, 0.25) is 0 Å². The van der Waals surface area contributed by atoms with Crippen molar-refractivity contribution in [1.29, 1.82) is 0 Å². The van der Waals surface area contributed by atoms with Crippen molar-refractivity contribution in [2.24, 2.45) is 0 Å². The lowest BCUT2D eigenvalue weighted by Crippen LogP contribution is -2.37. The lowest BCUT2D eigenvalue weighted by molar-refractivity contribution is 0.334. The Morgan fingerprint density at radius 3 is 2.89 bits per heavy atom. The van der Waals surface area contributed by atoms with E-state index in [0.29, 0.717) is 6.61 Å². The first-order chi connectivity index (χ1) is 9.21. The number of hydrogen-bond donors (Lipinski definition) is 1. The molecule has 1 aromatic carbocycles. The average Bonchev–Trinajstić information content (AvgIpc) is 2.84. The van der Waals surface area contributed by atoms with Crippen molar-refractivity contribution in [1.82, 2.24) is 10.3 Å². The summed E-state index contributed by atoms with van der Waals surface area (Å²) in [5.74, 6) is 0.945. The van der Waals surface area contributed by atoms with E-state index in [0.717, 1.165) is 24.4 Å². The summed E-state index contributed by atoms with van der Waals surface area (Å²) < 4.78 is 6.80. The number of piperidine rings is 1. The smallest absolute Gasteiger partial charge is 0.120 e. The summed E-state index contributed by atoms with van der Waals surface area (Å²) in [6, 6.07) is 6.20. The largest absolute Gasteiger partial charge is 0.494 e. The minimum atomic E-state index is 0.237. The lowest BCUT2D eigenvalue weighted by atomic mass is 9.82. The summed E-state index contributed by atoms with van der Waals surface area (Å²) in [6.07, 6.45) is 2.34. The standard InChI is InChI=1S/C15H20N2OS/c1-3-18-11-4-5-12-13(10-11)19-14(17-12)15(2)6-8-16-9-7-15/h4-5,10,16H,3,6-9H2,1-2H3. The Kier molecular flexibility index (Phi) is 3.46. The second-order valence-electron chi connectivity index (χ2n) is 5.39. The summed E-state index contributed by atoms with van der Waals surface area (Å²) >= 11 is 1.82. The first-order valence-electron chi connectivity index (χ1n) is 6.96. The lowest BCUT2D eigenvalue weighted by Gasteiger charge is -2.31. The van der Waals surface area contributed by atoms with Crippen LogP contribution >= 0.6 is 11.3 Å². The molecule has 2 heterocycles. The number of nitrogens with zero attached hydrogens (tertiary/aromatic N) is 1. The molecule has 1 aromatic heterocycles. The number of ether oxygens (including phenoxy) is 1. The minimum Gasteiger partial charge on any atom is -0.494 e. The summed E-state index contributed by atoms with van der Waals surface area (Å²) in [5.41, 5.74) is 1.34. The molecule has 3 rings (SSSR count). The predicted molar refractivity (Wildman–Crippen MR) is 80.2 cm³/mol.